The first-order valence-electron chi connectivity index (χ1n) is 5.99. The molecular weight excluding hydrogens is 264 g/mol. The zero-order valence-corrected chi connectivity index (χ0v) is 10.9. The Kier molecular flexibility index (Phi) is 2.67. The van der Waals surface area contributed by atoms with Crippen LogP contribution in [0.2, 0.25) is 0 Å². The molecule has 0 aliphatic heterocycles. The topological polar surface area (TPSA) is 39.3 Å². The summed E-state index contributed by atoms with van der Waals surface area (Å²) in [4.78, 5) is 12.0. The Morgan fingerprint density at radius 2 is 1.90 bits per heavy atom. The van der Waals surface area contributed by atoms with Crippen molar-refractivity contribution in [2.75, 3.05) is 0 Å². The summed E-state index contributed by atoms with van der Waals surface area (Å²) in [6.45, 7) is 1.77. The maximum Gasteiger partial charge on any atom is 0.274 e. The monoisotopic (exact) mass is 275 g/mol. The maximum absolute atomic E-state index is 13.9. The number of hydrogen-bond donors (Lipinski definition) is 0. The van der Waals surface area contributed by atoms with E-state index in [1.54, 1.807) is 24.6 Å². The van der Waals surface area contributed by atoms with Gasteiger partial charge in [0.2, 0.25) is 0 Å². The Bertz CT molecular complexity index is 880. The molecule has 0 fully saturated rings. The SMILES string of the molecule is Cc1cc2n(C)c(-c3ccc(F)cc3F)cc(=O)n2n1. The molecule has 1 aromatic carbocycles. The lowest BCUT2D eigenvalue weighted by molar-refractivity contribution is 0.584. The molecular formula is C14H11F2N3O. The maximum atomic E-state index is 13.9. The molecule has 0 aliphatic rings. The quantitative estimate of drug-likeness (QED) is 0.683. The molecule has 3 rings (SSSR count). The second kappa shape index (κ2) is 4.26. The van der Waals surface area contributed by atoms with Crippen molar-refractivity contribution >= 4 is 5.65 Å². The van der Waals surface area contributed by atoms with Gasteiger partial charge in [0.1, 0.15) is 17.3 Å². The molecule has 102 valence electrons. The van der Waals surface area contributed by atoms with E-state index in [4.69, 9.17) is 0 Å². The lowest BCUT2D eigenvalue weighted by Crippen LogP contribution is -2.18. The molecule has 4 nitrogen and oxygen atoms in total. The average molecular weight is 275 g/mol. The number of hydrogen-bond acceptors (Lipinski definition) is 2. The smallest absolute Gasteiger partial charge is 0.274 e. The lowest BCUT2D eigenvalue weighted by Gasteiger charge is -2.11. The highest BCUT2D eigenvalue weighted by Gasteiger charge is 2.13. The minimum absolute atomic E-state index is 0.173. The van der Waals surface area contributed by atoms with Crippen LogP contribution >= 0.6 is 0 Å². The van der Waals surface area contributed by atoms with Gasteiger partial charge < -0.3 is 4.57 Å². The van der Waals surface area contributed by atoms with Crippen LogP contribution in [0.4, 0.5) is 8.78 Å². The van der Waals surface area contributed by atoms with Gasteiger partial charge in [-0.2, -0.15) is 9.61 Å². The van der Waals surface area contributed by atoms with E-state index >= 15 is 0 Å². The highest BCUT2D eigenvalue weighted by Crippen LogP contribution is 2.23. The predicted molar refractivity (Wildman–Crippen MR) is 70.5 cm³/mol. The Balaban J connectivity index is 2.37. The Hall–Kier alpha value is -2.50. The van der Waals surface area contributed by atoms with Gasteiger partial charge in [0.15, 0.2) is 0 Å². The summed E-state index contributed by atoms with van der Waals surface area (Å²) >= 11 is 0. The summed E-state index contributed by atoms with van der Waals surface area (Å²) in [6.07, 6.45) is 0. The molecule has 0 N–H and O–H groups in total. The summed E-state index contributed by atoms with van der Waals surface area (Å²) in [5.41, 5.74) is 1.43. The highest BCUT2D eigenvalue weighted by molar-refractivity contribution is 5.63. The number of aryl methyl sites for hydroxylation is 2. The minimum Gasteiger partial charge on any atom is -0.328 e. The number of benzene rings is 1. The van der Waals surface area contributed by atoms with Crippen LogP contribution in [0.25, 0.3) is 16.9 Å². The van der Waals surface area contributed by atoms with E-state index in [0.29, 0.717) is 17.0 Å². The van der Waals surface area contributed by atoms with Crippen molar-refractivity contribution in [2.24, 2.45) is 7.05 Å². The van der Waals surface area contributed by atoms with Gasteiger partial charge in [0, 0.05) is 30.8 Å². The molecule has 20 heavy (non-hydrogen) atoms. The van der Waals surface area contributed by atoms with Crippen LogP contribution in [0, 0.1) is 18.6 Å². The first-order chi connectivity index (χ1) is 9.47. The van der Waals surface area contributed by atoms with Crippen molar-refractivity contribution in [1.82, 2.24) is 14.2 Å². The Morgan fingerprint density at radius 1 is 1.15 bits per heavy atom. The zero-order chi connectivity index (χ0) is 14.4. The normalized spacial score (nSPS) is 11.2. The Morgan fingerprint density at radius 3 is 2.60 bits per heavy atom. The largest absolute Gasteiger partial charge is 0.328 e. The van der Waals surface area contributed by atoms with Gasteiger partial charge in [-0.1, -0.05) is 0 Å². The Labute approximate surface area is 112 Å². The molecule has 6 heteroatoms. The summed E-state index contributed by atoms with van der Waals surface area (Å²) in [5, 5.41) is 4.07. The van der Waals surface area contributed by atoms with Gasteiger partial charge >= 0.3 is 0 Å². The molecule has 0 saturated carbocycles. The average Bonchev–Trinajstić information content (AvgIpc) is 2.77. The fourth-order valence-electron chi connectivity index (χ4n) is 2.24. The molecule has 0 atom stereocenters. The summed E-state index contributed by atoms with van der Waals surface area (Å²) in [7, 11) is 1.70. The van der Waals surface area contributed by atoms with Gasteiger partial charge in [-0.3, -0.25) is 4.79 Å². The van der Waals surface area contributed by atoms with E-state index in [1.165, 1.54) is 16.6 Å². The van der Waals surface area contributed by atoms with Gasteiger partial charge in [-0.05, 0) is 19.1 Å². The molecule has 2 heterocycles. The fourth-order valence-corrected chi connectivity index (χ4v) is 2.24. The summed E-state index contributed by atoms with van der Waals surface area (Å²) in [6, 6.07) is 6.29. The van der Waals surface area contributed by atoms with E-state index in [1.807, 2.05) is 0 Å². The molecule has 0 bridgehead atoms. The minimum atomic E-state index is -0.708. The first-order valence-corrected chi connectivity index (χ1v) is 5.99. The number of aromatic nitrogens is 3. The molecule has 0 amide bonds. The number of rotatable bonds is 1. The summed E-state index contributed by atoms with van der Waals surface area (Å²) in [5.74, 6) is -1.36. The van der Waals surface area contributed by atoms with E-state index < -0.39 is 11.6 Å². The van der Waals surface area contributed by atoms with Gasteiger partial charge in [-0.15, -0.1) is 0 Å². The van der Waals surface area contributed by atoms with Crippen molar-refractivity contribution < 1.29 is 8.78 Å². The van der Waals surface area contributed by atoms with Crippen LogP contribution in [-0.4, -0.2) is 14.2 Å². The van der Waals surface area contributed by atoms with Crippen molar-refractivity contribution in [1.29, 1.82) is 0 Å². The molecule has 2 aromatic heterocycles. The number of nitrogens with zero attached hydrogens (tertiary/aromatic N) is 3. The van der Waals surface area contributed by atoms with E-state index in [-0.39, 0.29) is 11.1 Å². The van der Waals surface area contributed by atoms with Gasteiger partial charge in [-0.25, -0.2) is 8.78 Å². The standard InChI is InChI=1S/C14H11F2N3O/c1-8-5-13-18(2)12(7-14(20)19(13)17-8)10-4-3-9(15)6-11(10)16/h3-7H,1-2H3. The van der Waals surface area contributed by atoms with E-state index in [9.17, 15) is 13.6 Å². The third-order valence-corrected chi connectivity index (χ3v) is 3.19. The van der Waals surface area contributed by atoms with Crippen molar-refractivity contribution in [2.45, 2.75) is 6.92 Å². The van der Waals surface area contributed by atoms with Crippen LogP contribution in [0.5, 0.6) is 0 Å². The van der Waals surface area contributed by atoms with Crippen LogP contribution in [0.15, 0.2) is 35.1 Å². The van der Waals surface area contributed by atoms with Gasteiger partial charge in [0.05, 0.1) is 11.4 Å². The van der Waals surface area contributed by atoms with Crippen LogP contribution in [-0.2, 0) is 7.05 Å². The van der Waals surface area contributed by atoms with E-state index in [2.05, 4.69) is 5.10 Å². The second-order valence-corrected chi connectivity index (χ2v) is 4.61. The van der Waals surface area contributed by atoms with Crippen LogP contribution in [0.1, 0.15) is 5.69 Å². The second-order valence-electron chi connectivity index (χ2n) is 4.61. The molecule has 0 unspecified atom stereocenters. The molecule has 0 radical (unpaired) electrons. The van der Waals surface area contributed by atoms with Crippen LogP contribution in [0.3, 0.4) is 0 Å². The van der Waals surface area contributed by atoms with E-state index in [0.717, 1.165) is 12.1 Å². The third kappa shape index (κ3) is 1.80. The van der Waals surface area contributed by atoms with Crippen LogP contribution < -0.4 is 5.56 Å². The lowest BCUT2D eigenvalue weighted by atomic mass is 10.1. The first kappa shape index (κ1) is 12.5. The van der Waals surface area contributed by atoms with Crippen molar-refractivity contribution in [3.05, 3.63) is 58.0 Å². The van der Waals surface area contributed by atoms with Crippen molar-refractivity contribution in [3.8, 4) is 11.3 Å². The molecule has 0 saturated heterocycles. The predicted octanol–water partition coefficient (Wildman–Crippen LogP) is 2.29. The molecule has 3 aromatic rings. The molecule has 0 aliphatic carbocycles. The fraction of sp³-hybridized carbons (Fsp3) is 0.143. The number of fused-ring (bicyclic) bond motifs is 1. The highest BCUT2D eigenvalue weighted by atomic mass is 19.1. The molecule has 0 spiro atoms. The number of halogens is 2. The zero-order valence-electron chi connectivity index (χ0n) is 10.9. The van der Waals surface area contributed by atoms with Crippen molar-refractivity contribution in [3.63, 3.8) is 0 Å². The third-order valence-electron chi connectivity index (χ3n) is 3.19. The summed E-state index contributed by atoms with van der Waals surface area (Å²) < 4.78 is 29.8. The van der Waals surface area contributed by atoms with Gasteiger partial charge in [0.25, 0.3) is 5.56 Å².